The van der Waals surface area contributed by atoms with Crippen LogP contribution in [-0.2, 0) is 19.1 Å². The van der Waals surface area contributed by atoms with Gasteiger partial charge in [0.15, 0.2) is 5.82 Å². The summed E-state index contributed by atoms with van der Waals surface area (Å²) in [7, 11) is 0. The first-order valence-electron chi connectivity index (χ1n) is 11.3. The maximum absolute atomic E-state index is 14.0. The van der Waals surface area contributed by atoms with Crippen molar-refractivity contribution < 1.29 is 23.6 Å². The van der Waals surface area contributed by atoms with Gasteiger partial charge < -0.3 is 19.9 Å². The number of carbonyl (C=O) groups is 3. The second-order valence-electron chi connectivity index (χ2n) is 10.2. The molecule has 2 N–H and O–H groups in total. The van der Waals surface area contributed by atoms with Crippen molar-refractivity contribution in [1.82, 2.24) is 10.5 Å². The average molecular weight is 465 g/mol. The molecule has 1 aromatic heterocycles. The summed E-state index contributed by atoms with van der Waals surface area (Å²) in [4.78, 5) is 42.5. The Bertz CT molecular complexity index is 1210. The highest BCUT2D eigenvalue weighted by Gasteiger charge is 2.73. The lowest BCUT2D eigenvalue weighted by Gasteiger charge is -2.34. The van der Waals surface area contributed by atoms with Gasteiger partial charge in [-0.05, 0) is 46.2 Å². The van der Waals surface area contributed by atoms with Crippen LogP contribution in [0.4, 0.5) is 11.5 Å². The number of anilines is 2. The van der Waals surface area contributed by atoms with E-state index in [9.17, 15) is 14.4 Å². The Morgan fingerprint density at radius 1 is 1.15 bits per heavy atom. The fourth-order valence-corrected chi connectivity index (χ4v) is 5.34. The number of aryl methyl sites for hydroxylation is 2. The molecule has 5 atom stereocenters. The number of amides is 3. The van der Waals surface area contributed by atoms with Gasteiger partial charge in [0.05, 0.1) is 17.9 Å². The lowest BCUT2D eigenvalue weighted by Crippen LogP contribution is -2.58. The molecule has 3 aliphatic rings. The Morgan fingerprint density at radius 3 is 2.53 bits per heavy atom. The van der Waals surface area contributed by atoms with Gasteiger partial charge in [0.2, 0.25) is 17.7 Å². The summed E-state index contributed by atoms with van der Waals surface area (Å²) in [5, 5.41) is 9.57. The maximum atomic E-state index is 14.0. The van der Waals surface area contributed by atoms with Crippen molar-refractivity contribution in [2.24, 2.45) is 11.8 Å². The van der Waals surface area contributed by atoms with Crippen LogP contribution in [0.2, 0.25) is 0 Å². The minimum absolute atomic E-state index is 0.270. The number of para-hydroxylation sites is 1. The normalized spacial score (nSPS) is 29.4. The molecule has 5 rings (SSSR count). The molecule has 3 amide bonds. The van der Waals surface area contributed by atoms with E-state index in [-0.39, 0.29) is 17.6 Å². The number of carbonyl (C=O) groups excluding carboxylic acids is 3. The van der Waals surface area contributed by atoms with Crippen LogP contribution in [0, 0.1) is 25.7 Å². The molecule has 9 heteroatoms. The number of aromatic nitrogens is 1. The highest BCUT2D eigenvalue weighted by molar-refractivity contribution is 6.11. The van der Waals surface area contributed by atoms with Gasteiger partial charge in [-0.25, -0.2) is 0 Å². The molecule has 1 aromatic carbocycles. The first-order valence-corrected chi connectivity index (χ1v) is 11.3. The van der Waals surface area contributed by atoms with Gasteiger partial charge in [-0.15, -0.1) is 0 Å². The Morgan fingerprint density at radius 2 is 1.88 bits per heavy atom. The second kappa shape index (κ2) is 7.53. The van der Waals surface area contributed by atoms with Crippen LogP contribution in [0.1, 0.15) is 32.1 Å². The number of nitrogens with one attached hydrogen (secondary N) is 2. The molecule has 178 valence electrons. The number of nitrogens with zero attached hydrogens (tertiary/aromatic N) is 2. The highest BCUT2D eigenvalue weighted by Crippen LogP contribution is 2.56. The molecule has 4 heterocycles. The third kappa shape index (κ3) is 3.34. The summed E-state index contributed by atoms with van der Waals surface area (Å²) >= 11 is 0. The number of benzene rings is 1. The SMILES string of the molecule is Cc1cc(NC(=O)[C@H]2[C@H]3C(=O)N(c4ccccc4C)[C@@H](C(=O)NC(C)(C)C)[C@@]34C=C[C@H]2O4)no1. The van der Waals surface area contributed by atoms with Crippen LogP contribution < -0.4 is 15.5 Å². The molecule has 34 heavy (non-hydrogen) atoms. The molecule has 0 saturated carbocycles. The maximum Gasteiger partial charge on any atom is 0.246 e. The summed E-state index contributed by atoms with van der Waals surface area (Å²) in [5.74, 6) is -1.88. The van der Waals surface area contributed by atoms with E-state index in [4.69, 9.17) is 9.26 Å². The van der Waals surface area contributed by atoms with Gasteiger partial charge in [-0.2, -0.15) is 0 Å². The number of fused-ring (bicyclic) bond motifs is 1. The van der Waals surface area contributed by atoms with E-state index in [2.05, 4.69) is 15.8 Å². The predicted octanol–water partition coefficient (Wildman–Crippen LogP) is 2.50. The van der Waals surface area contributed by atoms with E-state index in [1.807, 2.05) is 52.0 Å². The third-order valence-electron chi connectivity index (χ3n) is 6.58. The molecule has 2 bridgehead atoms. The van der Waals surface area contributed by atoms with Crippen LogP contribution in [0.5, 0.6) is 0 Å². The van der Waals surface area contributed by atoms with Gasteiger partial charge in [0, 0.05) is 17.3 Å². The molecule has 2 fully saturated rings. The molecular formula is C25H28N4O5. The van der Waals surface area contributed by atoms with Crippen LogP contribution in [0.25, 0.3) is 0 Å². The smallest absolute Gasteiger partial charge is 0.246 e. The molecule has 0 radical (unpaired) electrons. The van der Waals surface area contributed by atoms with Gasteiger partial charge in [-0.1, -0.05) is 35.5 Å². The van der Waals surface area contributed by atoms with Crippen molar-refractivity contribution in [3.05, 3.63) is 53.8 Å². The molecule has 9 nitrogen and oxygen atoms in total. The van der Waals surface area contributed by atoms with Crippen molar-refractivity contribution >= 4 is 29.2 Å². The fraction of sp³-hybridized carbons (Fsp3) is 0.440. The number of hydrogen-bond acceptors (Lipinski definition) is 6. The molecule has 1 spiro atoms. The van der Waals surface area contributed by atoms with Crippen molar-refractivity contribution in [3.63, 3.8) is 0 Å². The molecule has 2 saturated heterocycles. The summed E-state index contributed by atoms with van der Waals surface area (Å²) in [6.45, 7) is 9.26. The van der Waals surface area contributed by atoms with Crippen LogP contribution in [-0.4, -0.2) is 46.2 Å². The monoisotopic (exact) mass is 464 g/mol. The molecule has 2 aromatic rings. The first-order chi connectivity index (χ1) is 16.0. The summed E-state index contributed by atoms with van der Waals surface area (Å²) in [6.07, 6.45) is 2.95. The van der Waals surface area contributed by atoms with E-state index in [0.717, 1.165) is 5.56 Å². The molecule has 0 aliphatic carbocycles. The lowest BCUT2D eigenvalue weighted by atomic mass is 9.74. The molecule has 3 aliphatic heterocycles. The zero-order valence-electron chi connectivity index (χ0n) is 19.8. The van der Waals surface area contributed by atoms with Gasteiger partial charge in [-0.3, -0.25) is 19.3 Å². The van der Waals surface area contributed by atoms with Gasteiger partial charge in [0.25, 0.3) is 0 Å². The zero-order valence-corrected chi connectivity index (χ0v) is 19.8. The Kier molecular flexibility index (Phi) is 4.95. The minimum atomic E-state index is -1.25. The standard InChI is InChI=1S/C25H28N4O5/c1-13-8-6-7-9-15(13)29-20(22(31)27-24(3,4)5)25-11-10-16(33-25)18(19(25)23(29)32)21(30)26-17-12-14(2)34-28-17/h6-12,16,18-20H,1-5H3,(H,27,31)(H,26,28,30)/t16-,18-,19+,20+,25-/m1/s1. The number of rotatable bonds is 4. The van der Waals surface area contributed by atoms with E-state index in [0.29, 0.717) is 11.4 Å². The number of ether oxygens (including phenoxy) is 1. The summed E-state index contributed by atoms with van der Waals surface area (Å²) < 4.78 is 11.4. The largest absolute Gasteiger partial charge is 0.360 e. The second-order valence-corrected chi connectivity index (χ2v) is 10.2. The van der Waals surface area contributed by atoms with Crippen molar-refractivity contribution in [2.75, 3.05) is 10.2 Å². The highest BCUT2D eigenvalue weighted by atomic mass is 16.5. The topological polar surface area (TPSA) is 114 Å². The van der Waals surface area contributed by atoms with Gasteiger partial charge in [0.1, 0.15) is 17.4 Å². The van der Waals surface area contributed by atoms with Crippen molar-refractivity contribution in [1.29, 1.82) is 0 Å². The van der Waals surface area contributed by atoms with Crippen LogP contribution in [0.3, 0.4) is 0 Å². The van der Waals surface area contributed by atoms with Crippen molar-refractivity contribution in [3.8, 4) is 0 Å². The first kappa shape index (κ1) is 22.3. The van der Waals surface area contributed by atoms with E-state index in [1.165, 1.54) is 4.90 Å². The number of hydrogen-bond donors (Lipinski definition) is 2. The fourth-order valence-electron chi connectivity index (χ4n) is 5.34. The molecule has 0 unspecified atom stereocenters. The van der Waals surface area contributed by atoms with Crippen LogP contribution >= 0.6 is 0 Å². The Balaban J connectivity index is 1.57. The lowest BCUT2D eigenvalue weighted by molar-refractivity contribution is -0.129. The summed E-state index contributed by atoms with van der Waals surface area (Å²) in [5.41, 5.74) is -0.301. The van der Waals surface area contributed by atoms with Crippen molar-refractivity contribution in [2.45, 2.75) is 57.9 Å². The van der Waals surface area contributed by atoms with Gasteiger partial charge >= 0.3 is 0 Å². The quantitative estimate of drug-likeness (QED) is 0.672. The summed E-state index contributed by atoms with van der Waals surface area (Å²) in [6, 6.07) is 8.04. The Hall–Kier alpha value is -3.46. The van der Waals surface area contributed by atoms with Crippen LogP contribution in [0.15, 0.2) is 47.0 Å². The van der Waals surface area contributed by atoms with E-state index >= 15 is 0 Å². The van der Waals surface area contributed by atoms with E-state index < -0.39 is 41.0 Å². The Labute approximate surface area is 197 Å². The minimum Gasteiger partial charge on any atom is -0.360 e. The third-order valence-corrected chi connectivity index (χ3v) is 6.58. The van der Waals surface area contributed by atoms with E-state index in [1.54, 1.807) is 25.1 Å². The predicted molar refractivity (Wildman–Crippen MR) is 124 cm³/mol. The average Bonchev–Trinajstić information content (AvgIpc) is 3.48. The zero-order chi connectivity index (χ0) is 24.4. The molecular weight excluding hydrogens is 436 g/mol.